The maximum atomic E-state index is 12.1. The first kappa shape index (κ1) is 15.0. The smallest absolute Gasteiger partial charge is 0.127 e. The highest BCUT2D eigenvalue weighted by molar-refractivity contribution is 5.29. The molecule has 2 rings (SSSR count). The van der Waals surface area contributed by atoms with Gasteiger partial charge in [-0.1, -0.05) is 42.5 Å². The van der Waals surface area contributed by atoms with E-state index in [2.05, 4.69) is 18.8 Å². The van der Waals surface area contributed by atoms with Crippen molar-refractivity contribution < 1.29 is 9.13 Å². The average Bonchev–Trinajstić information content (AvgIpc) is 2.69. The first-order valence-corrected chi connectivity index (χ1v) is 6.42. The summed E-state index contributed by atoms with van der Waals surface area (Å²) in [7, 11) is 0. The standard InChI is InChI=1S/C10H12O.C7H7F/c1-2-9-11-10-7-5-3-4-6-8-10;1-6-2-4-7(8)5-3-6/h5,7-8H,2-3,9H2,1H3;2-5H,1H3. The number of hydrogen-bond donors (Lipinski definition) is 0. The molecule has 0 fully saturated rings. The fraction of sp³-hybridized carbons (Fsp3) is 0.294. The first-order valence-electron chi connectivity index (χ1n) is 6.42. The summed E-state index contributed by atoms with van der Waals surface area (Å²) in [5.41, 5.74) is 1.09. The van der Waals surface area contributed by atoms with Gasteiger partial charge in [-0.3, -0.25) is 0 Å². The molecular weight excluding hydrogens is 239 g/mol. The zero-order valence-corrected chi connectivity index (χ0v) is 11.4. The maximum absolute atomic E-state index is 12.1. The number of allylic oxidation sites excluding steroid dienone is 3. The van der Waals surface area contributed by atoms with Crippen LogP contribution in [0.5, 0.6) is 0 Å². The second kappa shape index (κ2) is 8.99. The Kier molecular flexibility index (Phi) is 7.12. The molecule has 0 heterocycles. The normalized spacial score (nSPS) is 12.3. The monoisotopic (exact) mass is 258 g/mol. The summed E-state index contributed by atoms with van der Waals surface area (Å²) in [6.45, 7) is 4.80. The summed E-state index contributed by atoms with van der Waals surface area (Å²) < 4.78 is 17.5. The third kappa shape index (κ3) is 7.10. The molecule has 0 radical (unpaired) electrons. The second-order valence-electron chi connectivity index (χ2n) is 4.12. The minimum atomic E-state index is -0.171. The van der Waals surface area contributed by atoms with Gasteiger partial charge in [0.25, 0.3) is 0 Å². The molecule has 1 aliphatic rings. The minimum absolute atomic E-state index is 0.171. The fourth-order valence-corrected chi connectivity index (χ4v) is 1.31. The van der Waals surface area contributed by atoms with Crippen LogP contribution in [-0.2, 0) is 4.74 Å². The van der Waals surface area contributed by atoms with Crippen LogP contribution in [0.25, 0.3) is 0 Å². The Morgan fingerprint density at radius 2 is 2.00 bits per heavy atom. The molecule has 19 heavy (non-hydrogen) atoms. The van der Waals surface area contributed by atoms with Gasteiger partial charge < -0.3 is 4.74 Å². The van der Waals surface area contributed by atoms with Crippen molar-refractivity contribution in [3.63, 3.8) is 0 Å². The zero-order chi connectivity index (χ0) is 13.9. The van der Waals surface area contributed by atoms with Gasteiger partial charge in [0.05, 0.1) is 6.61 Å². The van der Waals surface area contributed by atoms with Gasteiger partial charge in [-0.2, -0.15) is 0 Å². The maximum Gasteiger partial charge on any atom is 0.127 e. The lowest BCUT2D eigenvalue weighted by Gasteiger charge is -2.02. The van der Waals surface area contributed by atoms with Crippen LogP contribution in [0.15, 0.2) is 48.3 Å². The van der Waals surface area contributed by atoms with Crippen molar-refractivity contribution >= 4 is 0 Å². The number of hydrogen-bond acceptors (Lipinski definition) is 1. The highest BCUT2D eigenvalue weighted by atomic mass is 19.1. The largest absolute Gasteiger partial charge is 0.493 e. The third-order valence-electron chi connectivity index (χ3n) is 2.30. The summed E-state index contributed by atoms with van der Waals surface area (Å²) in [4.78, 5) is 0. The molecule has 1 aromatic carbocycles. The summed E-state index contributed by atoms with van der Waals surface area (Å²) in [5.74, 6) is 6.58. The van der Waals surface area contributed by atoms with Gasteiger partial charge in [-0.15, -0.1) is 0 Å². The third-order valence-corrected chi connectivity index (χ3v) is 2.30. The van der Waals surface area contributed by atoms with Crippen molar-refractivity contribution in [3.05, 3.63) is 59.6 Å². The van der Waals surface area contributed by atoms with Gasteiger partial charge in [0.2, 0.25) is 0 Å². The van der Waals surface area contributed by atoms with Crippen LogP contribution in [0, 0.1) is 24.6 Å². The van der Waals surface area contributed by atoms with E-state index < -0.39 is 0 Å². The predicted octanol–water partition coefficient (Wildman–Crippen LogP) is 4.39. The Bertz CT molecular complexity index is 465. The van der Waals surface area contributed by atoms with Crippen LogP contribution >= 0.6 is 0 Å². The van der Waals surface area contributed by atoms with Crippen LogP contribution < -0.4 is 0 Å². The molecule has 2 heteroatoms. The van der Waals surface area contributed by atoms with E-state index in [1.54, 1.807) is 12.1 Å². The minimum Gasteiger partial charge on any atom is -0.493 e. The lowest BCUT2D eigenvalue weighted by molar-refractivity contribution is 0.225. The van der Waals surface area contributed by atoms with Crippen LogP contribution in [0.4, 0.5) is 4.39 Å². The molecule has 0 saturated heterocycles. The van der Waals surface area contributed by atoms with E-state index in [-0.39, 0.29) is 5.82 Å². The molecule has 0 spiro atoms. The van der Waals surface area contributed by atoms with E-state index in [4.69, 9.17) is 4.74 Å². The summed E-state index contributed by atoms with van der Waals surface area (Å²) in [5, 5.41) is 0. The highest BCUT2D eigenvalue weighted by Gasteiger charge is 1.91. The van der Waals surface area contributed by atoms with E-state index in [0.29, 0.717) is 0 Å². The van der Waals surface area contributed by atoms with E-state index in [1.807, 2.05) is 25.2 Å². The molecule has 0 unspecified atom stereocenters. The molecule has 0 saturated carbocycles. The van der Waals surface area contributed by atoms with Gasteiger partial charge in [-0.05, 0) is 31.6 Å². The van der Waals surface area contributed by atoms with E-state index in [1.165, 1.54) is 12.1 Å². The molecule has 1 nitrogen and oxygen atoms in total. The van der Waals surface area contributed by atoms with Crippen LogP contribution in [0.3, 0.4) is 0 Å². The van der Waals surface area contributed by atoms with Gasteiger partial charge >= 0.3 is 0 Å². The first-order chi connectivity index (χ1) is 9.22. The topological polar surface area (TPSA) is 9.23 Å². The molecule has 0 aliphatic heterocycles. The highest BCUT2D eigenvalue weighted by Crippen LogP contribution is 2.03. The van der Waals surface area contributed by atoms with Crippen molar-refractivity contribution in [2.75, 3.05) is 6.61 Å². The van der Waals surface area contributed by atoms with E-state index >= 15 is 0 Å². The molecule has 0 N–H and O–H groups in total. The predicted molar refractivity (Wildman–Crippen MR) is 77.0 cm³/mol. The quantitative estimate of drug-likeness (QED) is 0.730. The Morgan fingerprint density at radius 3 is 2.63 bits per heavy atom. The molecule has 0 amide bonds. The lowest BCUT2D eigenvalue weighted by Crippen LogP contribution is -1.90. The molecule has 0 aromatic heterocycles. The second-order valence-corrected chi connectivity index (χ2v) is 4.12. The van der Waals surface area contributed by atoms with Crippen LogP contribution in [0.1, 0.15) is 25.3 Å². The van der Waals surface area contributed by atoms with Gasteiger partial charge in [-0.25, -0.2) is 4.39 Å². The number of rotatable bonds is 3. The Morgan fingerprint density at radius 1 is 1.26 bits per heavy atom. The van der Waals surface area contributed by atoms with Crippen LogP contribution in [0.2, 0.25) is 0 Å². The molecule has 0 bridgehead atoms. The molecule has 1 aliphatic carbocycles. The van der Waals surface area contributed by atoms with E-state index in [0.717, 1.165) is 30.8 Å². The Hall–Kier alpha value is -2.01. The summed E-state index contributed by atoms with van der Waals surface area (Å²) in [6, 6.07) is 6.40. The average molecular weight is 258 g/mol. The van der Waals surface area contributed by atoms with Crippen molar-refractivity contribution in [1.82, 2.24) is 0 Å². The molecule has 100 valence electrons. The summed E-state index contributed by atoms with van der Waals surface area (Å²) in [6.07, 6.45) is 7.66. The molecular formula is C17H19FO. The van der Waals surface area contributed by atoms with Crippen molar-refractivity contribution in [2.24, 2.45) is 0 Å². The van der Waals surface area contributed by atoms with Gasteiger partial charge in [0.1, 0.15) is 11.6 Å². The Labute approximate surface area is 114 Å². The summed E-state index contributed by atoms with van der Waals surface area (Å²) >= 11 is 0. The number of aryl methyl sites for hydroxylation is 1. The van der Waals surface area contributed by atoms with Crippen molar-refractivity contribution in [2.45, 2.75) is 26.7 Å². The van der Waals surface area contributed by atoms with E-state index in [9.17, 15) is 4.39 Å². The SMILES string of the molecule is CCCOC1=CC#CCC=C1.Cc1ccc(F)cc1. The molecule has 1 aromatic rings. The van der Waals surface area contributed by atoms with Crippen molar-refractivity contribution in [1.29, 1.82) is 0 Å². The number of ether oxygens (including phenoxy) is 1. The van der Waals surface area contributed by atoms with Crippen LogP contribution in [-0.4, -0.2) is 6.61 Å². The lowest BCUT2D eigenvalue weighted by atomic mass is 10.2. The van der Waals surface area contributed by atoms with Gasteiger partial charge in [0.15, 0.2) is 0 Å². The zero-order valence-electron chi connectivity index (χ0n) is 11.4. The number of benzene rings is 1. The number of halogens is 1. The molecule has 0 atom stereocenters. The van der Waals surface area contributed by atoms with Gasteiger partial charge in [0, 0.05) is 12.5 Å². The Balaban J connectivity index is 0.000000200. The fourth-order valence-electron chi connectivity index (χ4n) is 1.31. The van der Waals surface area contributed by atoms with Crippen molar-refractivity contribution in [3.8, 4) is 11.8 Å².